The van der Waals surface area contributed by atoms with E-state index in [0.717, 1.165) is 11.0 Å². The Balaban J connectivity index is 2.50. The second kappa shape index (κ2) is 4.15. The number of aromatic hydroxyl groups is 2. The third-order valence-electron chi connectivity index (χ3n) is 2.12. The van der Waals surface area contributed by atoms with Crippen molar-refractivity contribution in [3.05, 3.63) is 27.2 Å². The van der Waals surface area contributed by atoms with Gasteiger partial charge in [-0.05, 0) is 31.9 Å². The van der Waals surface area contributed by atoms with Gasteiger partial charge in [-0.1, -0.05) is 0 Å². The van der Waals surface area contributed by atoms with Crippen molar-refractivity contribution in [2.75, 3.05) is 4.90 Å². The molecule has 1 aliphatic heterocycles. The van der Waals surface area contributed by atoms with Crippen LogP contribution in [-0.2, 0) is 9.59 Å². The number of nitrogens with zero attached hydrogens (tertiary/aromatic N) is 1. The Hall–Kier alpha value is -1.34. The maximum Gasteiger partial charge on any atom is 0.273 e. The van der Waals surface area contributed by atoms with Crippen LogP contribution in [0.3, 0.4) is 0 Å². The molecule has 88 valence electrons. The van der Waals surface area contributed by atoms with Gasteiger partial charge in [0, 0.05) is 18.2 Å². The van der Waals surface area contributed by atoms with Crippen LogP contribution in [0.1, 0.15) is 0 Å². The van der Waals surface area contributed by atoms with Gasteiger partial charge in [0.25, 0.3) is 11.8 Å². The van der Waals surface area contributed by atoms with Crippen molar-refractivity contribution >= 4 is 49.4 Å². The van der Waals surface area contributed by atoms with Gasteiger partial charge in [-0.2, -0.15) is 0 Å². The fourth-order valence-electron chi connectivity index (χ4n) is 1.42. The molecule has 2 amide bonds. The predicted molar refractivity (Wildman–Crippen MR) is 67.1 cm³/mol. The molecular weight excluding hydrogens is 358 g/mol. The van der Waals surface area contributed by atoms with E-state index in [0.29, 0.717) is 0 Å². The third-order valence-corrected chi connectivity index (χ3v) is 4.12. The maximum atomic E-state index is 11.8. The van der Waals surface area contributed by atoms with Crippen molar-refractivity contribution in [3.8, 4) is 11.5 Å². The number of carbonyl (C=O) groups excluding carboxylic acids is 2. The minimum Gasteiger partial charge on any atom is -0.508 e. The summed E-state index contributed by atoms with van der Waals surface area (Å²) in [6.07, 6.45) is 0. The van der Waals surface area contributed by atoms with Gasteiger partial charge in [0.05, 0.1) is 5.69 Å². The number of amides is 2. The zero-order chi connectivity index (χ0) is 12.7. The molecular formula is C10H5Br2NO4. The standard InChI is InChI=1S/C10H5Br2NO4/c11-7-8(12)10(17)13(9(7)16)4-1-5(14)3-6(15)2-4/h1-3,14-15H. The molecule has 0 spiro atoms. The van der Waals surface area contributed by atoms with Crippen molar-refractivity contribution in [3.63, 3.8) is 0 Å². The molecule has 7 heteroatoms. The fourth-order valence-corrected chi connectivity index (χ4v) is 2.11. The Bertz CT molecular complexity index is 523. The maximum absolute atomic E-state index is 11.8. The normalized spacial score (nSPS) is 16.0. The molecule has 17 heavy (non-hydrogen) atoms. The number of anilines is 1. The molecule has 0 atom stereocenters. The Kier molecular flexibility index (Phi) is 2.96. The van der Waals surface area contributed by atoms with E-state index in [1.54, 1.807) is 0 Å². The van der Waals surface area contributed by atoms with Crippen LogP contribution < -0.4 is 4.90 Å². The Labute approximate surface area is 113 Å². The molecule has 0 bridgehead atoms. The second-order valence-corrected chi connectivity index (χ2v) is 4.87. The molecule has 0 unspecified atom stereocenters. The first kappa shape index (κ1) is 12.1. The SMILES string of the molecule is O=C1C(Br)=C(Br)C(=O)N1c1cc(O)cc(O)c1. The molecule has 1 aliphatic rings. The van der Waals surface area contributed by atoms with E-state index in [-0.39, 0.29) is 26.2 Å². The fraction of sp³-hybridized carbons (Fsp3) is 0. The summed E-state index contributed by atoms with van der Waals surface area (Å²) in [7, 11) is 0. The lowest BCUT2D eigenvalue weighted by Crippen LogP contribution is -2.30. The number of carbonyl (C=O) groups is 2. The molecule has 0 saturated heterocycles. The highest BCUT2D eigenvalue weighted by molar-refractivity contribution is 9.14. The smallest absolute Gasteiger partial charge is 0.273 e. The molecule has 5 nitrogen and oxygen atoms in total. The van der Waals surface area contributed by atoms with Gasteiger partial charge in [-0.3, -0.25) is 9.59 Å². The van der Waals surface area contributed by atoms with Gasteiger partial charge in [0.1, 0.15) is 20.5 Å². The largest absolute Gasteiger partial charge is 0.508 e. The van der Waals surface area contributed by atoms with Crippen LogP contribution in [0.4, 0.5) is 5.69 Å². The van der Waals surface area contributed by atoms with Crippen LogP contribution in [0, 0.1) is 0 Å². The molecule has 1 aromatic rings. The number of imide groups is 1. The zero-order valence-electron chi connectivity index (χ0n) is 8.15. The Morgan fingerprint density at radius 2 is 1.29 bits per heavy atom. The average molecular weight is 363 g/mol. The molecule has 0 radical (unpaired) electrons. The third kappa shape index (κ3) is 1.96. The van der Waals surface area contributed by atoms with E-state index in [1.807, 2.05) is 0 Å². The summed E-state index contributed by atoms with van der Waals surface area (Å²) in [6, 6.07) is 3.52. The van der Waals surface area contributed by atoms with E-state index in [1.165, 1.54) is 12.1 Å². The number of phenolic OH excluding ortho intramolecular Hbond substituents is 2. The van der Waals surface area contributed by atoms with Gasteiger partial charge in [0.2, 0.25) is 0 Å². The molecule has 0 aromatic heterocycles. The monoisotopic (exact) mass is 361 g/mol. The van der Waals surface area contributed by atoms with E-state index in [9.17, 15) is 19.8 Å². The van der Waals surface area contributed by atoms with Gasteiger partial charge in [-0.25, -0.2) is 4.90 Å². The van der Waals surface area contributed by atoms with Crippen molar-refractivity contribution in [2.24, 2.45) is 0 Å². The van der Waals surface area contributed by atoms with E-state index in [4.69, 9.17) is 0 Å². The first-order chi connectivity index (χ1) is 7.91. The number of hydrogen-bond donors (Lipinski definition) is 2. The van der Waals surface area contributed by atoms with Crippen molar-refractivity contribution in [1.82, 2.24) is 0 Å². The highest BCUT2D eigenvalue weighted by Crippen LogP contribution is 2.35. The van der Waals surface area contributed by atoms with Crippen LogP contribution in [0.5, 0.6) is 11.5 Å². The topological polar surface area (TPSA) is 77.8 Å². The number of benzene rings is 1. The molecule has 1 aromatic carbocycles. The van der Waals surface area contributed by atoms with Crippen molar-refractivity contribution in [2.45, 2.75) is 0 Å². The summed E-state index contributed by atoms with van der Waals surface area (Å²) < 4.78 is 0.204. The highest BCUT2D eigenvalue weighted by Gasteiger charge is 2.37. The average Bonchev–Trinajstić information content (AvgIpc) is 2.42. The summed E-state index contributed by atoms with van der Waals surface area (Å²) in [6.45, 7) is 0. The van der Waals surface area contributed by atoms with Crippen LogP contribution in [-0.4, -0.2) is 22.0 Å². The summed E-state index contributed by atoms with van der Waals surface area (Å²) in [4.78, 5) is 24.4. The van der Waals surface area contributed by atoms with Crippen LogP contribution >= 0.6 is 31.9 Å². The van der Waals surface area contributed by atoms with Crippen molar-refractivity contribution in [1.29, 1.82) is 0 Å². The summed E-state index contributed by atoms with van der Waals surface area (Å²) in [5.41, 5.74) is 0.101. The Morgan fingerprint density at radius 1 is 0.882 bits per heavy atom. The summed E-state index contributed by atoms with van der Waals surface area (Å²) in [5, 5.41) is 18.6. The molecule has 0 aliphatic carbocycles. The van der Waals surface area contributed by atoms with Gasteiger partial charge in [0.15, 0.2) is 0 Å². The molecule has 2 N–H and O–H groups in total. The quantitative estimate of drug-likeness (QED) is 0.749. The predicted octanol–water partition coefficient (Wildman–Crippen LogP) is 1.97. The van der Waals surface area contributed by atoms with Gasteiger partial charge < -0.3 is 10.2 Å². The lowest BCUT2D eigenvalue weighted by molar-refractivity contribution is -0.120. The first-order valence-electron chi connectivity index (χ1n) is 4.39. The molecule has 1 heterocycles. The number of halogens is 2. The summed E-state index contributed by atoms with van der Waals surface area (Å²) >= 11 is 5.96. The summed E-state index contributed by atoms with van der Waals surface area (Å²) in [5.74, 6) is -1.60. The van der Waals surface area contributed by atoms with Crippen LogP contribution in [0.25, 0.3) is 0 Å². The highest BCUT2D eigenvalue weighted by atomic mass is 79.9. The zero-order valence-corrected chi connectivity index (χ0v) is 11.3. The molecule has 0 fully saturated rings. The second-order valence-electron chi connectivity index (χ2n) is 3.28. The lowest BCUT2D eigenvalue weighted by atomic mass is 10.2. The lowest BCUT2D eigenvalue weighted by Gasteiger charge is -2.14. The number of hydrogen-bond acceptors (Lipinski definition) is 4. The van der Waals surface area contributed by atoms with Crippen molar-refractivity contribution < 1.29 is 19.8 Å². The minimum atomic E-state index is -0.563. The van der Waals surface area contributed by atoms with E-state index >= 15 is 0 Å². The molecule has 0 saturated carbocycles. The number of rotatable bonds is 1. The van der Waals surface area contributed by atoms with Gasteiger partial charge >= 0.3 is 0 Å². The van der Waals surface area contributed by atoms with Crippen LogP contribution in [0.2, 0.25) is 0 Å². The van der Waals surface area contributed by atoms with Crippen LogP contribution in [0.15, 0.2) is 27.2 Å². The van der Waals surface area contributed by atoms with E-state index in [2.05, 4.69) is 31.9 Å². The van der Waals surface area contributed by atoms with E-state index < -0.39 is 11.8 Å². The van der Waals surface area contributed by atoms with Gasteiger partial charge in [-0.15, -0.1) is 0 Å². The first-order valence-corrected chi connectivity index (χ1v) is 5.97. The number of phenols is 2. The molecule has 2 rings (SSSR count). The Morgan fingerprint density at radius 3 is 1.71 bits per heavy atom. The minimum absolute atomic E-state index is 0.101.